The van der Waals surface area contributed by atoms with Gasteiger partial charge in [-0.15, -0.1) is 0 Å². The molecule has 0 bridgehead atoms. The van der Waals surface area contributed by atoms with Crippen molar-refractivity contribution in [1.29, 1.82) is 0 Å². The first-order valence-electron chi connectivity index (χ1n) is 6.32. The third-order valence-electron chi connectivity index (χ3n) is 3.86. The van der Waals surface area contributed by atoms with Crippen LogP contribution in [0, 0.1) is 0 Å². The van der Waals surface area contributed by atoms with E-state index in [4.69, 9.17) is 0 Å². The van der Waals surface area contributed by atoms with E-state index in [2.05, 4.69) is 17.3 Å². The van der Waals surface area contributed by atoms with E-state index in [1.165, 1.54) is 0 Å². The van der Waals surface area contributed by atoms with Gasteiger partial charge in [-0.25, -0.2) is 0 Å². The summed E-state index contributed by atoms with van der Waals surface area (Å²) in [7, 11) is 2.09. The Balaban J connectivity index is 2.11. The number of rotatable bonds is 1. The van der Waals surface area contributed by atoms with E-state index in [0.717, 1.165) is 25.9 Å². The Morgan fingerprint density at radius 3 is 2.35 bits per heavy atom. The molecule has 5 heteroatoms. The molecule has 2 fully saturated rings. The number of likely N-dealkylation sites (tertiary alicyclic amines) is 1. The second-order valence-corrected chi connectivity index (χ2v) is 5.19. The fourth-order valence-electron chi connectivity index (χ4n) is 2.71. The van der Waals surface area contributed by atoms with Crippen molar-refractivity contribution in [2.75, 3.05) is 20.1 Å². The molecule has 2 aliphatic heterocycles. The molecule has 0 saturated carbocycles. The Morgan fingerprint density at radius 1 is 1.18 bits per heavy atom. The van der Waals surface area contributed by atoms with Gasteiger partial charge in [-0.3, -0.25) is 9.59 Å². The SMILES string of the molecule is CC1NC(=O)C(C)N(C2CCN(C)CC2)C1=O. The lowest BCUT2D eigenvalue weighted by Crippen LogP contribution is -2.65. The lowest BCUT2D eigenvalue weighted by atomic mass is 9.98. The van der Waals surface area contributed by atoms with Crippen molar-refractivity contribution in [3.8, 4) is 0 Å². The maximum Gasteiger partial charge on any atom is 0.245 e. The number of nitrogens with one attached hydrogen (secondary N) is 1. The standard InChI is InChI=1S/C12H21N3O2/c1-8-12(17)15(9(2)11(16)13-8)10-4-6-14(3)7-5-10/h8-10H,4-7H2,1-3H3,(H,13,16). The zero-order chi connectivity index (χ0) is 12.6. The largest absolute Gasteiger partial charge is 0.343 e. The molecule has 0 aromatic heterocycles. The molecule has 2 amide bonds. The van der Waals surface area contributed by atoms with Crippen molar-refractivity contribution in [3.05, 3.63) is 0 Å². The van der Waals surface area contributed by atoms with Gasteiger partial charge in [0.05, 0.1) is 0 Å². The summed E-state index contributed by atoms with van der Waals surface area (Å²) >= 11 is 0. The van der Waals surface area contributed by atoms with Crippen LogP contribution >= 0.6 is 0 Å². The molecule has 2 unspecified atom stereocenters. The Morgan fingerprint density at radius 2 is 1.76 bits per heavy atom. The van der Waals surface area contributed by atoms with Gasteiger partial charge < -0.3 is 15.1 Å². The van der Waals surface area contributed by atoms with Crippen molar-refractivity contribution in [1.82, 2.24) is 15.1 Å². The highest BCUT2D eigenvalue weighted by Gasteiger charge is 2.40. The second kappa shape index (κ2) is 4.64. The number of hydrogen-bond acceptors (Lipinski definition) is 3. The van der Waals surface area contributed by atoms with Crippen molar-refractivity contribution < 1.29 is 9.59 Å². The van der Waals surface area contributed by atoms with Crippen LogP contribution in [0.1, 0.15) is 26.7 Å². The van der Waals surface area contributed by atoms with Crippen molar-refractivity contribution in [2.45, 2.75) is 44.8 Å². The molecule has 0 radical (unpaired) electrons. The smallest absolute Gasteiger partial charge is 0.245 e. The summed E-state index contributed by atoms with van der Waals surface area (Å²) in [5.41, 5.74) is 0. The summed E-state index contributed by atoms with van der Waals surface area (Å²) < 4.78 is 0. The summed E-state index contributed by atoms with van der Waals surface area (Å²) in [5, 5.41) is 2.72. The lowest BCUT2D eigenvalue weighted by molar-refractivity contribution is -0.151. The van der Waals surface area contributed by atoms with Gasteiger partial charge >= 0.3 is 0 Å². The molecule has 0 aromatic rings. The minimum atomic E-state index is -0.377. The molecule has 2 heterocycles. The summed E-state index contributed by atoms with van der Waals surface area (Å²) in [4.78, 5) is 28.0. The van der Waals surface area contributed by atoms with Crippen LogP contribution in [0.15, 0.2) is 0 Å². The summed E-state index contributed by atoms with van der Waals surface area (Å²) in [5.74, 6) is 0.0303. The first kappa shape index (κ1) is 12.4. The zero-order valence-electron chi connectivity index (χ0n) is 10.8. The first-order valence-corrected chi connectivity index (χ1v) is 6.32. The maximum atomic E-state index is 12.2. The molecule has 1 N–H and O–H groups in total. The average molecular weight is 239 g/mol. The highest BCUT2D eigenvalue weighted by molar-refractivity contribution is 5.96. The fourth-order valence-corrected chi connectivity index (χ4v) is 2.71. The highest BCUT2D eigenvalue weighted by Crippen LogP contribution is 2.21. The molecule has 0 spiro atoms. The van der Waals surface area contributed by atoms with Crippen LogP contribution in [0.3, 0.4) is 0 Å². The summed E-state index contributed by atoms with van der Waals surface area (Å²) in [6, 6.07) is -0.479. The normalized spacial score (nSPS) is 32.8. The average Bonchev–Trinajstić information content (AvgIpc) is 2.29. The van der Waals surface area contributed by atoms with Crippen LogP contribution in [0.2, 0.25) is 0 Å². The summed E-state index contributed by atoms with van der Waals surface area (Å²) in [6.45, 7) is 5.57. The molecule has 96 valence electrons. The number of piperazine rings is 1. The van der Waals surface area contributed by atoms with E-state index >= 15 is 0 Å². The molecule has 17 heavy (non-hydrogen) atoms. The topological polar surface area (TPSA) is 52.7 Å². The number of nitrogens with zero attached hydrogens (tertiary/aromatic N) is 2. The zero-order valence-corrected chi connectivity index (χ0v) is 10.8. The maximum absolute atomic E-state index is 12.2. The minimum absolute atomic E-state index is 0.0315. The molecule has 2 atom stereocenters. The van der Waals surface area contributed by atoms with E-state index in [1.807, 2.05) is 6.92 Å². The van der Waals surface area contributed by atoms with Crippen LogP contribution in [0.5, 0.6) is 0 Å². The van der Waals surface area contributed by atoms with Crippen molar-refractivity contribution >= 4 is 11.8 Å². The van der Waals surface area contributed by atoms with Crippen LogP contribution in [-0.4, -0.2) is 59.9 Å². The van der Waals surface area contributed by atoms with Gasteiger partial charge in [0.15, 0.2) is 0 Å². The predicted octanol–water partition coefficient (Wildman–Crippen LogP) is -0.184. The Bertz CT molecular complexity index is 324. The third kappa shape index (κ3) is 2.29. The predicted molar refractivity (Wildman–Crippen MR) is 64.4 cm³/mol. The van der Waals surface area contributed by atoms with Crippen LogP contribution < -0.4 is 5.32 Å². The van der Waals surface area contributed by atoms with Gasteiger partial charge in [0, 0.05) is 6.04 Å². The Kier molecular flexibility index (Phi) is 3.38. The highest BCUT2D eigenvalue weighted by atomic mass is 16.2. The van der Waals surface area contributed by atoms with E-state index in [1.54, 1.807) is 11.8 Å². The number of carbonyl (C=O) groups is 2. The molecule has 2 saturated heterocycles. The molecule has 0 aliphatic carbocycles. The third-order valence-corrected chi connectivity index (χ3v) is 3.86. The van der Waals surface area contributed by atoms with Gasteiger partial charge in [-0.2, -0.15) is 0 Å². The van der Waals surface area contributed by atoms with Gasteiger partial charge in [0.2, 0.25) is 11.8 Å². The van der Waals surface area contributed by atoms with Crippen LogP contribution in [0.4, 0.5) is 0 Å². The van der Waals surface area contributed by atoms with Crippen molar-refractivity contribution in [2.24, 2.45) is 0 Å². The van der Waals surface area contributed by atoms with Gasteiger partial charge in [0.1, 0.15) is 12.1 Å². The van der Waals surface area contributed by atoms with Gasteiger partial charge in [0.25, 0.3) is 0 Å². The molecule has 2 rings (SSSR count). The van der Waals surface area contributed by atoms with Crippen molar-refractivity contribution in [3.63, 3.8) is 0 Å². The monoisotopic (exact) mass is 239 g/mol. The van der Waals surface area contributed by atoms with Crippen LogP contribution in [-0.2, 0) is 9.59 Å². The second-order valence-electron chi connectivity index (χ2n) is 5.19. The Hall–Kier alpha value is -1.10. The molecule has 5 nitrogen and oxygen atoms in total. The van der Waals surface area contributed by atoms with Crippen LogP contribution in [0.25, 0.3) is 0 Å². The summed E-state index contributed by atoms with van der Waals surface area (Å²) in [6.07, 6.45) is 1.93. The quantitative estimate of drug-likeness (QED) is 0.690. The van der Waals surface area contributed by atoms with E-state index in [-0.39, 0.29) is 29.9 Å². The fraction of sp³-hybridized carbons (Fsp3) is 0.833. The molecule has 2 aliphatic rings. The van der Waals surface area contributed by atoms with Gasteiger partial charge in [-0.1, -0.05) is 0 Å². The number of amides is 2. The minimum Gasteiger partial charge on any atom is -0.343 e. The number of carbonyl (C=O) groups excluding carboxylic acids is 2. The van der Waals surface area contributed by atoms with E-state index in [9.17, 15) is 9.59 Å². The Labute approximate surface area is 102 Å². The lowest BCUT2D eigenvalue weighted by Gasteiger charge is -2.44. The van der Waals surface area contributed by atoms with E-state index in [0.29, 0.717) is 0 Å². The number of hydrogen-bond donors (Lipinski definition) is 1. The molecular formula is C12H21N3O2. The first-order chi connectivity index (χ1) is 8.00. The van der Waals surface area contributed by atoms with E-state index < -0.39 is 0 Å². The molecular weight excluding hydrogens is 218 g/mol. The van der Waals surface area contributed by atoms with Gasteiger partial charge in [-0.05, 0) is 46.8 Å². The molecule has 0 aromatic carbocycles. The number of piperidine rings is 1.